The van der Waals surface area contributed by atoms with Gasteiger partial charge in [-0.1, -0.05) is 0 Å². The summed E-state index contributed by atoms with van der Waals surface area (Å²) in [6.07, 6.45) is 1.90. The zero-order valence-corrected chi connectivity index (χ0v) is 17.4. The highest BCUT2D eigenvalue weighted by Crippen LogP contribution is 2.39. The molecule has 0 bridgehead atoms. The topological polar surface area (TPSA) is 106 Å². The van der Waals surface area contributed by atoms with Gasteiger partial charge in [-0.15, -0.1) is 0 Å². The fourth-order valence-corrected chi connectivity index (χ4v) is 3.57. The number of nitrogen functional groups attached to an aromatic ring is 1. The van der Waals surface area contributed by atoms with Crippen LogP contribution in [0.1, 0.15) is 18.1 Å². The third kappa shape index (κ3) is 4.63. The van der Waals surface area contributed by atoms with Gasteiger partial charge >= 0.3 is 0 Å². The number of methoxy groups -OCH3 is 3. The standard InChI is InChI=1S/C20H29N5O4/c1-13(26)24-5-7-25(8-6-24)19-15(12-22-20(21)23-19)9-14-10-16(27-2)18(29-4)17(11-14)28-3/h10-13,26H,5-9H2,1-4H3,(H2,21,22,23). The van der Waals surface area contributed by atoms with Crippen LogP contribution in [-0.4, -0.2) is 73.7 Å². The molecule has 0 spiro atoms. The molecule has 1 aromatic heterocycles. The van der Waals surface area contributed by atoms with E-state index in [1.807, 2.05) is 17.0 Å². The van der Waals surface area contributed by atoms with E-state index in [0.717, 1.165) is 43.1 Å². The van der Waals surface area contributed by atoms with Crippen molar-refractivity contribution >= 4 is 11.8 Å². The first-order chi connectivity index (χ1) is 14.0. The molecule has 3 N–H and O–H groups in total. The van der Waals surface area contributed by atoms with Gasteiger partial charge in [0.15, 0.2) is 11.5 Å². The lowest BCUT2D eigenvalue weighted by Crippen LogP contribution is -2.50. The van der Waals surface area contributed by atoms with Gasteiger partial charge in [-0.2, -0.15) is 4.98 Å². The third-order valence-corrected chi connectivity index (χ3v) is 5.12. The molecule has 0 saturated carbocycles. The summed E-state index contributed by atoms with van der Waals surface area (Å²) in [5.41, 5.74) is 7.82. The molecule has 1 unspecified atom stereocenters. The largest absolute Gasteiger partial charge is 0.493 e. The first-order valence-electron chi connectivity index (χ1n) is 9.54. The molecule has 2 heterocycles. The summed E-state index contributed by atoms with van der Waals surface area (Å²) in [7, 11) is 4.78. The summed E-state index contributed by atoms with van der Waals surface area (Å²) >= 11 is 0. The third-order valence-electron chi connectivity index (χ3n) is 5.12. The Kier molecular flexibility index (Phi) is 6.60. The van der Waals surface area contributed by atoms with E-state index >= 15 is 0 Å². The van der Waals surface area contributed by atoms with Crippen LogP contribution in [0.5, 0.6) is 17.2 Å². The van der Waals surface area contributed by atoms with Crippen molar-refractivity contribution in [2.75, 3.05) is 58.1 Å². The van der Waals surface area contributed by atoms with Crippen LogP contribution in [0.2, 0.25) is 0 Å². The van der Waals surface area contributed by atoms with Gasteiger partial charge < -0.3 is 30.0 Å². The number of aliphatic hydroxyl groups is 1. The second kappa shape index (κ2) is 9.15. The first kappa shape index (κ1) is 20.9. The van der Waals surface area contributed by atoms with Gasteiger partial charge in [0.2, 0.25) is 11.7 Å². The predicted molar refractivity (Wildman–Crippen MR) is 111 cm³/mol. The Balaban J connectivity index is 1.89. The van der Waals surface area contributed by atoms with Crippen molar-refractivity contribution < 1.29 is 19.3 Å². The van der Waals surface area contributed by atoms with Gasteiger partial charge in [0.1, 0.15) is 12.0 Å². The van der Waals surface area contributed by atoms with Crippen molar-refractivity contribution in [3.63, 3.8) is 0 Å². The second-order valence-corrected chi connectivity index (χ2v) is 6.94. The fraction of sp³-hybridized carbons (Fsp3) is 0.500. The van der Waals surface area contributed by atoms with E-state index in [1.165, 1.54) is 0 Å². The van der Waals surface area contributed by atoms with Gasteiger partial charge in [0.05, 0.1) is 21.3 Å². The summed E-state index contributed by atoms with van der Waals surface area (Å²) in [4.78, 5) is 12.9. The minimum absolute atomic E-state index is 0.242. The fourth-order valence-electron chi connectivity index (χ4n) is 3.57. The first-order valence-corrected chi connectivity index (χ1v) is 9.54. The lowest BCUT2D eigenvalue weighted by atomic mass is 10.0. The minimum atomic E-state index is -0.452. The van der Waals surface area contributed by atoms with Gasteiger partial charge in [-0.25, -0.2) is 4.98 Å². The average Bonchev–Trinajstić information content (AvgIpc) is 2.74. The quantitative estimate of drug-likeness (QED) is 0.704. The van der Waals surface area contributed by atoms with Gasteiger partial charge in [0.25, 0.3) is 0 Å². The van der Waals surface area contributed by atoms with Gasteiger partial charge in [-0.05, 0) is 24.6 Å². The number of aromatic nitrogens is 2. The Morgan fingerprint density at radius 2 is 1.69 bits per heavy atom. The van der Waals surface area contributed by atoms with E-state index in [0.29, 0.717) is 23.7 Å². The van der Waals surface area contributed by atoms with Crippen LogP contribution in [0.4, 0.5) is 11.8 Å². The summed E-state index contributed by atoms with van der Waals surface area (Å²) in [5.74, 6) is 2.82. The Labute approximate surface area is 171 Å². The molecule has 9 heteroatoms. The lowest BCUT2D eigenvalue weighted by molar-refractivity contribution is 0.0152. The number of nitrogens with zero attached hydrogens (tertiary/aromatic N) is 4. The summed E-state index contributed by atoms with van der Waals surface area (Å²) < 4.78 is 16.3. The second-order valence-electron chi connectivity index (χ2n) is 6.94. The number of nitrogens with two attached hydrogens (primary N) is 1. The molecule has 1 atom stereocenters. The number of ether oxygens (including phenoxy) is 3. The van der Waals surface area contributed by atoms with Crippen LogP contribution in [0, 0.1) is 0 Å². The Hall–Kier alpha value is -2.78. The Morgan fingerprint density at radius 1 is 1.07 bits per heavy atom. The van der Waals surface area contributed by atoms with Crippen molar-refractivity contribution in [1.82, 2.24) is 14.9 Å². The molecule has 0 radical (unpaired) electrons. The molecule has 1 aromatic carbocycles. The molecular weight excluding hydrogens is 374 g/mol. The molecule has 1 aliphatic heterocycles. The van der Waals surface area contributed by atoms with Crippen molar-refractivity contribution in [3.8, 4) is 17.2 Å². The molecule has 1 saturated heterocycles. The number of piperazine rings is 1. The average molecular weight is 403 g/mol. The lowest BCUT2D eigenvalue weighted by Gasteiger charge is -2.37. The maximum Gasteiger partial charge on any atom is 0.221 e. The van der Waals surface area contributed by atoms with Crippen LogP contribution in [0.25, 0.3) is 0 Å². The Bertz CT molecular complexity index is 813. The van der Waals surface area contributed by atoms with E-state index in [4.69, 9.17) is 19.9 Å². The highest BCUT2D eigenvalue weighted by molar-refractivity contribution is 5.56. The predicted octanol–water partition coefficient (Wildman–Crippen LogP) is 1.14. The molecule has 9 nitrogen and oxygen atoms in total. The molecule has 0 amide bonds. The zero-order valence-electron chi connectivity index (χ0n) is 17.4. The SMILES string of the molecule is COc1cc(Cc2cnc(N)nc2N2CCN(C(C)O)CC2)cc(OC)c1OC. The van der Waals surface area contributed by atoms with E-state index in [2.05, 4.69) is 14.9 Å². The number of anilines is 2. The summed E-state index contributed by atoms with van der Waals surface area (Å²) in [6.45, 7) is 4.80. The van der Waals surface area contributed by atoms with Crippen LogP contribution < -0.4 is 24.8 Å². The Morgan fingerprint density at radius 3 is 2.21 bits per heavy atom. The highest BCUT2D eigenvalue weighted by Gasteiger charge is 2.23. The maximum absolute atomic E-state index is 9.80. The van der Waals surface area contributed by atoms with Crippen LogP contribution in [-0.2, 0) is 6.42 Å². The highest BCUT2D eigenvalue weighted by atomic mass is 16.5. The molecule has 158 valence electrons. The molecule has 1 aliphatic rings. The smallest absolute Gasteiger partial charge is 0.221 e. The minimum Gasteiger partial charge on any atom is -0.493 e. The number of hydrogen-bond acceptors (Lipinski definition) is 9. The van der Waals surface area contributed by atoms with E-state index in [-0.39, 0.29) is 5.95 Å². The van der Waals surface area contributed by atoms with Crippen LogP contribution in [0.3, 0.4) is 0 Å². The van der Waals surface area contributed by atoms with Crippen LogP contribution in [0.15, 0.2) is 18.3 Å². The van der Waals surface area contributed by atoms with E-state index < -0.39 is 6.23 Å². The molecule has 2 aromatic rings. The van der Waals surface area contributed by atoms with Crippen LogP contribution >= 0.6 is 0 Å². The molecule has 0 aliphatic carbocycles. The van der Waals surface area contributed by atoms with Crippen molar-refractivity contribution in [2.45, 2.75) is 19.6 Å². The molecular formula is C20H29N5O4. The number of hydrogen-bond donors (Lipinski definition) is 2. The van der Waals surface area contributed by atoms with Gasteiger partial charge in [-0.3, -0.25) is 4.90 Å². The number of aliphatic hydroxyl groups excluding tert-OH is 1. The molecule has 29 heavy (non-hydrogen) atoms. The van der Waals surface area contributed by atoms with E-state index in [1.54, 1.807) is 34.4 Å². The number of benzene rings is 1. The molecule has 3 rings (SSSR count). The molecule has 1 fully saturated rings. The normalized spacial score (nSPS) is 15.8. The zero-order chi connectivity index (χ0) is 21.0. The summed E-state index contributed by atoms with van der Waals surface area (Å²) in [5, 5.41) is 9.80. The number of rotatable bonds is 7. The van der Waals surface area contributed by atoms with Gasteiger partial charge in [0, 0.05) is 44.4 Å². The maximum atomic E-state index is 9.80. The van der Waals surface area contributed by atoms with Crippen molar-refractivity contribution in [2.24, 2.45) is 0 Å². The van der Waals surface area contributed by atoms with E-state index in [9.17, 15) is 5.11 Å². The van der Waals surface area contributed by atoms with Crippen molar-refractivity contribution in [1.29, 1.82) is 0 Å². The summed E-state index contributed by atoms with van der Waals surface area (Å²) in [6, 6.07) is 3.85. The van der Waals surface area contributed by atoms with Crippen molar-refractivity contribution in [3.05, 3.63) is 29.5 Å². The monoisotopic (exact) mass is 403 g/mol.